The van der Waals surface area contributed by atoms with Gasteiger partial charge in [-0.25, -0.2) is 4.39 Å². The summed E-state index contributed by atoms with van der Waals surface area (Å²) in [6.45, 7) is 5.58. The third-order valence-electron chi connectivity index (χ3n) is 3.09. The zero-order valence-corrected chi connectivity index (χ0v) is 15.8. The maximum Gasteiger partial charge on any atom is 0.238 e. The number of amides is 1. The van der Waals surface area contributed by atoms with Crippen molar-refractivity contribution in [2.24, 2.45) is 0 Å². The highest BCUT2D eigenvalue weighted by Gasteiger charge is 2.34. The molecule has 0 saturated carbocycles. The zero-order chi connectivity index (χ0) is 16.3. The second-order valence-electron chi connectivity index (χ2n) is 4.60. The molecule has 1 fully saturated rings. The first-order valence-electron chi connectivity index (χ1n) is 6.51. The van der Waals surface area contributed by atoms with Crippen molar-refractivity contribution in [2.75, 3.05) is 5.75 Å². The van der Waals surface area contributed by atoms with Crippen LogP contribution in [0.2, 0.25) is 0 Å². The van der Waals surface area contributed by atoms with E-state index >= 15 is 0 Å². The lowest BCUT2D eigenvalue weighted by Gasteiger charge is -2.24. The predicted molar refractivity (Wildman–Crippen MR) is 97.2 cm³/mol. The lowest BCUT2D eigenvalue weighted by atomic mass is 10.2. The van der Waals surface area contributed by atoms with Crippen molar-refractivity contribution in [3.8, 4) is 0 Å². The summed E-state index contributed by atoms with van der Waals surface area (Å²) in [7, 11) is 0. The Morgan fingerprint density at radius 1 is 1.55 bits per heavy atom. The van der Waals surface area contributed by atoms with Gasteiger partial charge in [0.2, 0.25) is 5.91 Å². The van der Waals surface area contributed by atoms with Crippen molar-refractivity contribution in [1.82, 2.24) is 4.90 Å². The average molecular weight is 447 g/mol. The second-order valence-corrected chi connectivity index (χ2v) is 7.44. The smallest absolute Gasteiger partial charge is 0.238 e. The van der Waals surface area contributed by atoms with Crippen LogP contribution in [0.4, 0.5) is 4.39 Å². The van der Waals surface area contributed by atoms with Gasteiger partial charge in [0.15, 0.2) is 0 Å². The van der Waals surface area contributed by atoms with Crippen molar-refractivity contribution < 1.29 is 9.18 Å². The molecule has 0 spiro atoms. The predicted octanol–water partition coefficient (Wildman–Crippen LogP) is 5.69. The summed E-state index contributed by atoms with van der Waals surface area (Å²) in [4.78, 5) is 13.7. The normalized spacial score (nSPS) is 19.7. The van der Waals surface area contributed by atoms with Crippen molar-refractivity contribution >= 4 is 49.5 Å². The molecule has 0 N–H and O–H groups in total. The number of thioether (sulfide) groups is 1. The minimum atomic E-state index is -0.454. The Morgan fingerprint density at radius 3 is 2.91 bits per heavy atom. The highest BCUT2D eigenvalue weighted by atomic mass is 79.9. The number of benzene rings is 1. The minimum Gasteiger partial charge on any atom is -0.296 e. The summed E-state index contributed by atoms with van der Waals surface area (Å²) in [6.07, 6.45) is 2.88. The average Bonchev–Trinajstić information content (AvgIpc) is 2.88. The molecule has 1 aromatic carbocycles. The van der Waals surface area contributed by atoms with Gasteiger partial charge in [-0.3, -0.25) is 9.69 Å². The number of hydrogen-bond acceptors (Lipinski definition) is 2. The Bertz CT molecular complexity index is 672. The maximum absolute atomic E-state index is 14.0. The molecule has 1 unspecified atom stereocenters. The molecule has 1 aliphatic heterocycles. The van der Waals surface area contributed by atoms with Crippen LogP contribution in [0.1, 0.15) is 17.9 Å². The first-order chi connectivity index (χ1) is 10.4. The van der Waals surface area contributed by atoms with E-state index in [1.165, 1.54) is 17.8 Å². The highest BCUT2D eigenvalue weighted by molar-refractivity contribution is 9.12. The van der Waals surface area contributed by atoms with Crippen LogP contribution in [-0.2, 0) is 4.79 Å². The molecule has 1 aliphatic rings. The number of rotatable bonds is 4. The van der Waals surface area contributed by atoms with Crippen molar-refractivity contribution in [2.45, 2.75) is 12.3 Å². The molecule has 1 amide bonds. The van der Waals surface area contributed by atoms with Gasteiger partial charge in [-0.1, -0.05) is 40.7 Å². The van der Waals surface area contributed by atoms with E-state index in [-0.39, 0.29) is 11.3 Å². The van der Waals surface area contributed by atoms with Crippen molar-refractivity contribution in [3.05, 3.63) is 69.0 Å². The van der Waals surface area contributed by atoms with Gasteiger partial charge < -0.3 is 0 Å². The zero-order valence-electron chi connectivity index (χ0n) is 11.9. The third kappa shape index (κ3) is 3.91. The number of allylic oxidation sites excluding steroid dienone is 4. The molecule has 2 rings (SSSR count). The molecule has 0 aromatic heterocycles. The van der Waals surface area contributed by atoms with Gasteiger partial charge in [0.25, 0.3) is 0 Å². The summed E-state index contributed by atoms with van der Waals surface area (Å²) in [5, 5.41) is -0.189. The van der Waals surface area contributed by atoms with Crippen LogP contribution >= 0.6 is 43.6 Å². The molecule has 6 heteroatoms. The number of nitrogens with zero attached hydrogens (tertiary/aromatic N) is 1. The lowest BCUT2D eigenvalue weighted by molar-refractivity contribution is -0.125. The SMILES string of the molecule is C=C(/C=C(F)\C(Br)=C/C)N1C(=O)CSC1c1cccc(Br)c1. The summed E-state index contributed by atoms with van der Waals surface area (Å²) < 4.78 is 15.2. The molecule has 1 saturated heterocycles. The number of carbonyl (C=O) groups excluding carboxylic acids is 1. The monoisotopic (exact) mass is 445 g/mol. The topological polar surface area (TPSA) is 20.3 Å². The van der Waals surface area contributed by atoms with E-state index in [1.807, 2.05) is 24.3 Å². The van der Waals surface area contributed by atoms with Gasteiger partial charge in [-0.15, -0.1) is 11.8 Å². The summed E-state index contributed by atoms with van der Waals surface area (Å²) >= 11 is 8.06. The molecule has 1 atom stereocenters. The molecule has 1 heterocycles. The van der Waals surface area contributed by atoms with Crippen LogP contribution in [0.25, 0.3) is 0 Å². The van der Waals surface area contributed by atoms with Crippen LogP contribution in [0.3, 0.4) is 0 Å². The Labute approximate surface area is 150 Å². The molecular weight excluding hydrogens is 433 g/mol. The van der Waals surface area contributed by atoms with Gasteiger partial charge in [0.1, 0.15) is 11.2 Å². The van der Waals surface area contributed by atoms with Gasteiger partial charge in [0, 0.05) is 14.7 Å². The third-order valence-corrected chi connectivity index (χ3v) is 5.63. The summed E-state index contributed by atoms with van der Waals surface area (Å²) in [5.41, 5.74) is 1.32. The fourth-order valence-electron chi connectivity index (χ4n) is 2.06. The van der Waals surface area contributed by atoms with Crippen molar-refractivity contribution in [1.29, 1.82) is 0 Å². The van der Waals surface area contributed by atoms with Gasteiger partial charge in [-0.2, -0.15) is 0 Å². The van der Waals surface area contributed by atoms with Crippen LogP contribution in [0.5, 0.6) is 0 Å². The van der Waals surface area contributed by atoms with E-state index in [4.69, 9.17) is 0 Å². The van der Waals surface area contributed by atoms with Crippen LogP contribution in [-0.4, -0.2) is 16.6 Å². The highest BCUT2D eigenvalue weighted by Crippen LogP contribution is 2.42. The fraction of sp³-hybridized carbons (Fsp3) is 0.188. The Morgan fingerprint density at radius 2 is 2.27 bits per heavy atom. The van der Waals surface area contributed by atoms with Gasteiger partial charge >= 0.3 is 0 Å². The molecule has 22 heavy (non-hydrogen) atoms. The van der Waals surface area contributed by atoms with E-state index in [2.05, 4.69) is 38.4 Å². The Kier molecular flexibility index (Phi) is 6.06. The number of hydrogen-bond donors (Lipinski definition) is 0. The number of halogens is 3. The fourth-order valence-corrected chi connectivity index (χ4v) is 3.78. The first-order valence-corrected chi connectivity index (χ1v) is 9.15. The van der Waals surface area contributed by atoms with E-state index < -0.39 is 5.83 Å². The minimum absolute atomic E-state index is 0.0689. The molecule has 0 aliphatic carbocycles. The maximum atomic E-state index is 14.0. The van der Waals surface area contributed by atoms with E-state index in [9.17, 15) is 9.18 Å². The summed E-state index contributed by atoms with van der Waals surface area (Å²) in [5.74, 6) is -0.165. The molecule has 116 valence electrons. The van der Waals surface area contributed by atoms with Crippen LogP contribution in [0, 0.1) is 0 Å². The van der Waals surface area contributed by atoms with E-state index in [0.29, 0.717) is 15.9 Å². The Balaban J connectivity index is 2.31. The first kappa shape index (κ1) is 17.5. The molecular formula is C16H14Br2FNOS. The summed E-state index contributed by atoms with van der Waals surface area (Å²) in [6, 6.07) is 7.74. The molecule has 2 nitrogen and oxygen atoms in total. The quantitative estimate of drug-likeness (QED) is 0.553. The van der Waals surface area contributed by atoms with E-state index in [0.717, 1.165) is 10.0 Å². The lowest BCUT2D eigenvalue weighted by Crippen LogP contribution is -2.26. The van der Waals surface area contributed by atoms with E-state index in [1.54, 1.807) is 17.9 Å². The van der Waals surface area contributed by atoms with Crippen molar-refractivity contribution in [3.63, 3.8) is 0 Å². The standard InChI is InChI=1S/C16H14Br2FNOS/c1-3-13(18)14(19)7-10(2)20-15(21)9-22-16(20)11-5-4-6-12(17)8-11/h3-8,16H,2,9H2,1H3/b13-3+,14-7+. The molecule has 1 aromatic rings. The molecule has 0 bridgehead atoms. The van der Waals surface area contributed by atoms with Crippen LogP contribution < -0.4 is 0 Å². The molecule has 0 radical (unpaired) electrons. The van der Waals surface area contributed by atoms with Crippen LogP contribution in [0.15, 0.2) is 63.5 Å². The largest absolute Gasteiger partial charge is 0.296 e. The second kappa shape index (κ2) is 7.62. The van der Waals surface area contributed by atoms with Gasteiger partial charge in [0.05, 0.1) is 5.75 Å². The van der Waals surface area contributed by atoms with Gasteiger partial charge in [-0.05, 0) is 46.6 Å². The number of carbonyl (C=O) groups is 1. The Hall–Kier alpha value is -0.850.